The van der Waals surface area contributed by atoms with E-state index in [2.05, 4.69) is 9.97 Å². The van der Waals surface area contributed by atoms with Crippen LogP contribution in [0.15, 0.2) is 60.9 Å². The lowest BCUT2D eigenvalue weighted by Gasteiger charge is -2.22. The summed E-state index contributed by atoms with van der Waals surface area (Å²) in [4.78, 5) is 8.75. The van der Waals surface area contributed by atoms with Crippen molar-refractivity contribution in [2.75, 3.05) is 0 Å². The largest absolute Gasteiger partial charge is 0.480 e. The first kappa shape index (κ1) is 13.5. The summed E-state index contributed by atoms with van der Waals surface area (Å²) in [6, 6.07) is 15.3. The van der Waals surface area contributed by atoms with Crippen molar-refractivity contribution in [3.8, 4) is 5.75 Å². The molecule has 1 aromatic carbocycles. The summed E-state index contributed by atoms with van der Waals surface area (Å²) in [5.41, 5.74) is 7.73. The Hall–Kier alpha value is -2.46. The van der Waals surface area contributed by atoms with Crippen molar-refractivity contribution >= 4 is 10.9 Å². The maximum absolute atomic E-state index is 6.13. The van der Waals surface area contributed by atoms with Crippen molar-refractivity contribution in [3.63, 3.8) is 0 Å². The quantitative estimate of drug-likeness (QED) is 0.797. The minimum absolute atomic E-state index is 0.182. The molecule has 0 bridgehead atoms. The van der Waals surface area contributed by atoms with E-state index in [1.807, 2.05) is 55.5 Å². The second-order valence-corrected chi connectivity index (χ2v) is 4.98. The van der Waals surface area contributed by atoms with Crippen molar-refractivity contribution in [3.05, 3.63) is 66.6 Å². The summed E-state index contributed by atoms with van der Waals surface area (Å²) >= 11 is 0. The Bertz CT molecular complexity index is 723. The summed E-state index contributed by atoms with van der Waals surface area (Å²) in [5, 5.41) is 1.04. The Balaban J connectivity index is 1.99. The molecule has 0 aliphatic carbocycles. The minimum atomic E-state index is -0.307. The fourth-order valence-electron chi connectivity index (χ4n) is 2.29. The van der Waals surface area contributed by atoms with Crippen LogP contribution in [0.25, 0.3) is 10.9 Å². The number of hydrogen-bond donors (Lipinski definition) is 1. The lowest BCUT2D eigenvalue weighted by atomic mass is 10.1. The molecule has 4 nitrogen and oxygen atoms in total. The van der Waals surface area contributed by atoms with E-state index >= 15 is 0 Å². The van der Waals surface area contributed by atoms with Gasteiger partial charge in [-0.25, -0.2) is 0 Å². The van der Waals surface area contributed by atoms with Crippen LogP contribution in [0.4, 0.5) is 0 Å². The third kappa shape index (κ3) is 2.85. The molecule has 0 aliphatic rings. The zero-order valence-electron chi connectivity index (χ0n) is 11.8. The van der Waals surface area contributed by atoms with Gasteiger partial charge in [-0.2, -0.15) is 0 Å². The molecule has 0 fully saturated rings. The third-order valence-electron chi connectivity index (χ3n) is 3.31. The molecule has 2 atom stereocenters. The number of nitrogens with two attached hydrogens (primary N) is 1. The van der Waals surface area contributed by atoms with Gasteiger partial charge in [-0.15, -0.1) is 0 Å². The molecule has 4 heteroatoms. The Morgan fingerprint density at radius 2 is 1.76 bits per heavy atom. The van der Waals surface area contributed by atoms with Gasteiger partial charge >= 0.3 is 0 Å². The number of hydrogen-bond acceptors (Lipinski definition) is 4. The number of ether oxygens (including phenoxy) is 1. The van der Waals surface area contributed by atoms with E-state index in [-0.39, 0.29) is 12.1 Å². The van der Waals surface area contributed by atoms with Gasteiger partial charge in [-0.3, -0.25) is 9.97 Å². The second-order valence-electron chi connectivity index (χ2n) is 4.98. The van der Waals surface area contributed by atoms with Crippen LogP contribution in [-0.4, -0.2) is 16.0 Å². The zero-order valence-corrected chi connectivity index (χ0v) is 11.8. The second kappa shape index (κ2) is 5.89. The molecule has 0 saturated heterocycles. The summed E-state index contributed by atoms with van der Waals surface area (Å²) in [6.45, 7) is 1.91. The Morgan fingerprint density at radius 1 is 0.952 bits per heavy atom. The molecule has 2 aromatic heterocycles. The van der Waals surface area contributed by atoms with E-state index in [9.17, 15) is 0 Å². The standard InChI is InChI=1S/C17H17N3O/c1-12(18)17(14-8-2-3-10-19-14)21-15-9-4-6-13-7-5-11-20-16(13)15/h2-12,17H,18H2,1H3. The smallest absolute Gasteiger partial charge is 0.155 e. The van der Waals surface area contributed by atoms with Crippen LogP contribution in [0.2, 0.25) is 0 Å². The molecule has 21 heavy (non-hydrogen) atoms. The number of aromatic nitrogens is 2. The summed E-state index contributed by atoms with van der Waals surface area (Å²) < 4.78 is 6.13. The molecular weight excluding hydrogens is 262 g/mol. The van der Waals surface area contributed by atoms with Crippen LogP contribution in [-0.2, 0) is 0 Å². The molecule has 2 heterocycles. The van der Waals surface area contributed by atoms with Crippen LogP contribution in [0.3, 0.4) is 0 Å². The molecule has 0 aliphatic heterocycles. The van der Waals surface area contributed by atoms with Gasteiger partial charge in [0.1, 0.15) is 11.3 Å². The third-order valence-corrected chi connectivity index (χ3v) is 3.31. The number of benzene rings is 1. The highest BCUT2D eigenvalue weighted by molar-refractivity contribution is 5.84. The molecular formula is C17H17N3O. The highest BCUT2D eigenvalue weighted by atomic mass is 16.5. The minimum Gasteiger partial charge on any atom is -0.480 e. The molecule has 3 aromatic rings. The van der Waals surface area contributed by atoms with E-state index in [4.69, 9.17) is 10.5 Å². The van der Waals surface area contributed by atoms with E-state index in [1.54, 1.807) is 12.4 Å². The van der Waals surface area contributed by atoms with Crippen LogP contribution in [0.5, 0.6) is 5.75 Å². The number of rotatable bonds is 4. The van der Waals surface area contributed by atoms with Gasteiger partial charge in [0.25, 0.3) is 0 Å². The molecule has 0 radical (unpaired) electrons. The normalized spacial score (nSPS) is 13.8. The molecule has 106 valence electrons. The maximum Gasteiger partial charge on any atom is 0.155 e. The predicted molar refractivity (Wildman–Crippen MR) is 83.0 cm³/mol. The van der Waals surface area contributed by atoms with E-state index < -0.39 is 0 Å². The number of fused-ring (bicyclic) bond motifs is 1. The van der Waals surface area contributed by atoms with Gasteiger partial charge in [0.05, 0.1) is 5.69 Å². The molecule has 2 unspecified atom stereocenters. The van der Waals surface area contributed by atoms with E-state index in [1.165, 1.54) is 0 Å². The van der Waals surface area contributed by atoms with Gasteiger partial charge in [0.2, 0.25) is 0 Å². The van der Waals surface area contributed by atoms with Crippen molar-refractivity contribution in [1.29, 1.82) is 0 Å². The Labute approximate surface area is 123 Å². The van der Waals surface area contributed by atoms with Crippen molar-refractivity contribution in [1.82, 2.24) is 9.97 Å². The molecule has 0 amide bonds. The summed E-state index contributed by atoms with van der Waals surface area (Å²) in [6.07, 6.45) is 3.20. The Morgan fingerprint density at radius 3 is 2.52 bits per heavy atom. The first-order chi connectivity index (χ1) is 10.3. The van der Waals surface area contributed by atoms with Crippen LogP contribution < -0.4 is 10.5 Å². The summed E-state index contributed by atoms with van der Waals surface area (Å²) in [7, 11) is 0. The monoisotopic (exact) mass is 279 g/mol. The molecule has 0 saturated carbocycles. The van der Waals surface area contributed by atoms with Crippen molar-refractivity contribution in [2.45, 2.75) is 19.1 Å². The Kier molecular flexibility index (Phi) is 3.79. The predicted octanol–water partition coefficient (Wildman–Crippen LogP) is 3.10. The number of nitrogens with zero attached hydrogens (tertiary/aromatic N) is 2. The van der Waals surface area contributed by atoms with Crippen LogP contribution in [0, 0.1) is 0 Å². The topological polar surface area (TPSA) is 61.0 Å². The van der Waals surface area contributed by atoms with Gasteiger partial charge in [-0.05, 0) is 31.2 Å². The number of pyridine rings is 2. The lowest BCUT2D eigenvalue weighted by Crippen LogP contribution is -2.29. The fourth-order valence-corrected chi connectivity index (χ4v) is 2.29. The van der Waals surface area contributed by atoms with E-state index in [0.717, 1.165) is 22.3 Å². The maximum atomic E-state index is 6.13. The van der Waals surface area contributed by atoms with Crippen LogP contribution >= 0.6 is 0 Å². The first-order valence-corrected chi connectivity index (χ1v) is 6.92. The molecule has 0 spiro atoms. The van der Waals surface area contributed by atoms with Crippen molar-refractivity contribution in [2.24, 2.45) is 5.73 Å². The van der Waals surface area contributed by atoms with Gasteiger partial charge < -0.3 is 10.5 Å². The highest BCUT2D eigenvalue weighted by Gasteiger charge is 2.20. The zero-order chi connectivity index (χ0) is 14.7. The van der Waals surface area contributed by atoms with Crippen molar-refractivity contribution < 1.29 is 4.74 Å². The molecule has 3 rings (SSSR count). The number of para-hydroxylation sites is 1. The lowest BCUT2D eigenvalue weighted by molar-refractivity contribution is 0.178. The van der Waals surface area contributed by atoms with Gasteiger partial charge in [-0.1, -0.05) is 24.3 Å². The van der Waals surface area contributed by atoms with E-state index in [0.29, 0.717) is 0 Å². The summed E-state index contributed by atoms with van der Waals surface area (Å²) in [5.74, 6) is 0.723. The average Bonchev–Trinajstić information content (AvgIpc) is 2.53. The fraction of sp³-hybridized carbons (Fsp3) is 0.176. The van der Waals surface area contributed by atoms with Crippen LogP contribution in [0.1, 0.15) is 18.7 Å². The highest BCUT2D eigenvalue weighted by Crippen LogP contribution is 2.28. The average molecular weight is 279 g/mol. The molecule has 2 N–H and O–H groups in total. The SMILES string of the molecule is CC(N)C(Oc1cccc2cccnc12)c1ccccn1. The van der Waals surface area contributed by atoms with Gasteiger partial charge in [0, 0.05) is 23.8 Å². The first-order valence-electron chi connectivity index (χ1n) is 6.92. The van der Waals surface area contributed by atoms with Gasteiger partial charge in [0.15, 0.2) is 6.10 Å².